The van der Waals surface area contributed by atoms with Gasteiger partial charge >= 0.3 is 6.09 Å². The number of nitrogens with one attached hydrogen (secondary N) is 2. The summed E-state index contributed by atoms with van der Waals surface area (Å²) in [7, 11) is 0. The molecule has 4 N–H and O–H groups in total. The summed E-state index contributed by atoms with van der Waals surface area (Å²) in [5.41, 5.74) is 3.75. The molecule has 9 heteroatoms. The highest BCUT2D eigenvalue weighted by molar-refractivity contribution is 6.00. The summed E-state index contributed by atoms with van der Waals surface area (Å²) in [4.78, 5) is 42.5. The third-order valence-corrected chi connectivity index (χ3v) is 6.67. The summed E-state index contributed by atoms with van der Waals surface area (Å²) < 4.78 is 5.44. The second kappa shape index (κ2) is 14.0. The van der Waals surface area contributed by atoms with E-state index < -0.39 is 42.2 Å². The number of phenolic OH excluding ortho intramolecular Hbond substituents is 1. The molecule has 3 aromatic carbocycles. The Hall–Kier alpha value is -4.37. The van der Waals surface area contributed by atoms with Crippen LogP contribution in [-0.2, 0) is 20.7 Å². The largest absolute Gasteiger partial charge is 0.508 e. The van der Waals surface area contributed by atoms with Gasteiger partial charge in [-0.05, 0) is 75.9 Å². The van der Waals surface area contributed by atoms with E-state index in [1.807, 2.05) is 51.1 Å². The third-order valence-electron chi connectivity index (χ3n) is 6.67. The number of ether oxygens (including phenoxy) is 1. The van der Waals surface area contributed by atoms with Crippen LogP contribution in [0.4, 0.5) is 10.5 Å². The second-order valence-electron chi connectivity index (χ2n) is 11.4. The maximum atomic E-state index is 14.3. The maximum absolute atomic E-state index is 14.3. The summed E-state index contributed by atoms with van der Waals surface area (Å²) in [5.74, 6) is -0.977. The molecule has 0 bridgehead atoms. The Morgan fingerprint density at radius 1 is 0.905 bits per heavy atom. The van der Waals surface area contributed by atoms with Gasteiger partial charge in [0.1, 0.15) is 23.4 Å². The van der Waals surface area contributed by atoms with Crippen LogP contribution in [0.2, 0.25) is 0 Å². The Balaban J connectivity index is 2.06. The Morgan fingerprint density at radius 2 is 1.50 bits per heavy atom. The number of aromatic hydroxyl groups is 1. The molecule has 0 aliphatic heterocycles. The fourth-order valence-electron chi connectivity index (χ4n) is 4.62. The molecule has 224 valence electrons. The first-order valence-electron chi connectivity index (χ1n) is 13.9. The first-order valence-corrected chi connectivity index (χ1v) is 13.9. The average molecular weight is 576 g/mol. The molecular weight excluding hydrogens is 534 g/mol. The SMILES string of the molecule is Cc1ccc(C(C(=O)Nc2c(C)cccc2C)N(CCO)C(=O)C(Cc2ccc(O)cc2)NC(=O)OC(C)(C)C)cc1. The molecule has 2 atom stereocenters. The highest BCUT2D eigenvalue weighted by Crippen LogP contribution is 2.27. The van der Waals surface area contributed by atoms with Crippen LogP contribution in [0.5, 0.6) is 5.75 Å². The Labute approximate surface area is 247 Å². The molecule has 3 rings (SSSR count). The van der Waals surface area contributed by atoms with Crippen molar-refractivity contribution in [2.24, 2.45) is 0 Å². The highest BCUT2D eigenvalue weighted by atomic mass is 16.6. The van der Waals surface area contributed by atoms with Gasteiger partial charge in [-0.3, -0.25) is 9.59 Å². The lowest BCUT2D eigenvalue weighted by atomic mass is 9.99. The number of aryl methyl sites for hydroxylation is 3. The van der Waals surface area contributed by atoms with Gasteiger partial charge < -0.3 is 30.5 Å². The Morgan fingerprint density at radius 3 is 2.05 bits per heavy atom. The van der Waals surface area contributed by atoms with E-state index in [0.717, 1.165) is 16.7 Å². The minimum atomic E-state index is -1.14. The van der Waals surface area contributed by atoms with Crippen LogP contribution < -0.4 is 10.6 Å². The number of aliphatic hydroxyl groups is 1. The normalized spacial score (nSPS) is 12.6. The van der Waals surface area contributed by atoms with Crippen LogP contribution in [0.3, 0.4) is 0 Å². The van der Waals surface area contributed by atoms with Gasteiger partial charge in [-0.25, -0.2) is 4.79 Å². The number of phenols is 1. The average Bonchev–Trinajstić information content (AvgIpc) is 2.91. The summed E-state index contributed by atoms with van der Waals surface area (Å²) in [5, 5.41) is 25.5. The molecule has 0 aliphatic rings. The summed E-state index contributed by atoms with van der Waals surface area (Å²) >= 11 is 0. The monoisotopic (exact) mass is 575 g/mol. The highest BCUT2D eigenvalue weighted by Gasteiger charge is 2.36. The van der Waals surface area contributed by atoms with E-state index in [1.165, 1.54) is 17.0 Å². The molecule has 3 aromatic rings. The molecule has 9 nitrogen and oxygen atoms in total. The van der Waals surface area contributed by atoms with Gasteiger partial charge in [0.15, 0.2) is 0 Å². The molecule has 0 aromatic heterocycles. The number of carbonyl (C=O) groups is 3. The van der Waals surface area contributed by atoms with E-state index in [0.29, 0.717) is 16.8 Å². The minimum absolute atomic E-state index is 0.0550. The molecule has 0 spiro atoms. The van der Waals surface area contributed by atoms with Crippen LogP contribution in [-0.4, -0.2) is 57.8 Å². The molecule has 3 amide bonds. The van der Waals surface area contributed by atoms with Crippen molar-refractivity contribution in [1.29, 1.82) is 0 Å². The number of carbonyl (C=O) groups excluding carboxylic acids is 3. The topological polar surface area (TPSA) is 128 Å². The van der Waals surface area contributed by atoms with Crippen molar-refractivity contribution in [3.8, 4) is 5.75 Å². The van der Waals surface area contributed by atoms with E-state index in [2.05, 4.69) is 10.6 Å². The molecule has 0 saturated carbocycles. The lowest BCUT2D eigenvalue weighted by Gasteiger charge is -2.34. The fraction of sp³-hybridized carbons (Fsp3) is 0.364. The summed E-state index contributed by atoms with van der Waals surface area (Å²) in [6.45, 7) is 10.3. The molecule has 0 fully saturated rings. The number of amides is 3. The van der Waals surface area contributed by atoms with Crippen LogP contribution >= 0.6 is 0 Å². The van der Waals surface area contributed by atoms with Gasteiger partial charge in [0, 0.05) is 18.7 Å². The number of rotatable bonds is 10. The number of para-hydroxylation sites is 1. The Kier molecular flexibility index (Phi) is 10.7. The number of nitrogens with zero attached hydrogens (tertiary/aromatic N) is 1. The van der Waals surface area contributed by atoms with Crippen molar-refractivity contribution < 1.29 is 29.3 Å². The van der Waals surface area contributed by atoms with Crippen molar-refractivity contribution >= 4 is 23.6 Å². The van der Waals surface area contributed by atoms with Crippen LogP contribution in [0, 0.1) is 20.8 Å². The number of anilines is 1. The van der Waals surface area contributed by atoms with Gasteiger partial charge in [0.2, 0.25) is 5.91 Å². The number of alkyl carbamates (subject to hydrolysis) is 1. The van der Waals surface area contributed by atoms with Crippen LogP contribution in [0.25, 0.3) is 0 Å². The van der Waals surface area contributed by atoms with Crippen molar-refractivity contribution in [3.05, 3.63) is 94.5 Å². The molecule has 42 heavy (non-hydrogen) atoms. The minimum Gasteiger partial charge on any atom is -0.508 e. The van der Waals surface area contributed by atoms with Gasteiger partial charge in [-0.1, -0.05) is 60.2 Å². The molecule has 0 radical (unpaired) electrons. The predicted octanol–water partition coefficient (Wildman–Crippen LogP) is 4.95. The van der Waals surface area contributed by atoms with Crippen molar-refractivity contribution in [3.63, 3.8) is 0 Å². The first kappa shape index (κ1) is 32.1. The van der Waals surface area contributed by atoms with E-state index in [-0.39, 0.29) is 18.7 Å². The first-order chi connectivity index (χ1) is 19.8. The van der Waals surface area contributed by atoms with Crippen molar-refractivity contribution in [2.75, 3.05) is 18.5 Å². The number of benzene rings is 3. The molecule has 0 heterocycles. The van der Waals surface area contributed by atoms with Gasteiger partial charge in [-0.2, -0.15) is 0 Å². The summed E-state index contributed by atoms with van der Waals surface area (Å²) in [6.07, 6.45) is -0.741. The zero-order valence-electron chi connectivity index (χ0n) is 25.1. The standard InChI is InChI=1S/C33H41N3O6/c1-21-10-14-25(15-11-21)29(30(39)35-28-22(2)8-7-9-23(28)3)36(18-19-37)31(40)27(34-32(41)42-33(4,5)6)20-24-12-16-26(38)17-13-24/h7-17,27,29,37-38H,18-20H2,1-6H3,(H,34,41)(H,35,39). The molecule has 2 unspecified atom stereocenters. The van der Waals surface area contributed by atoms with E-state index in [4.69, 9.17) is 4.74 Å². The van der Waals surface area contributed by atoms with Gasteiger partial charge in [0.05, 0.1) is 6.61 Å². The van der Waals surface area contributed by atoms with E-state index >= 15 is 0 Å². The van der Waals surface area contributed by atoms with Crippen molar-refractivity contribution in [1.82, 2.24) is 10.2 Å². The number of aliphatic hydroxyl groups excluding tert-OH is 1. The molecular formula is C33H41N3O6. The number of hydrogen-bond donors (Lipinski definition) is 4. The number of hydrogen-bond acceptors (Lipinski definition) is 6. The fourth-order valence-corrected chi connectivity index (χ4v) is 4.62. The van der Waals surface area contributed by atoms with Crippen molar-refractivity contribution in [2.45, 2.75) is 65.6 Å². The van der Waals surface area contributed by atoms with E-state index in [9.17, 15) is 24.6 Å². The van der Waals surface area contributed by atoms with Crippen LogP contribution in [0.15, 0.2) is 66.7 Å². The predicted molar refractivity (Wildman–Crippen MR) is 162 cm³/mol. The maximum Gasteiger partial charge on any atom is 0.408 e. The Bertz CT molecular complexity index is 1360. The zero-order valence-corrected chi connectivity index (χ0v) is 25.1. The quantitative estimate of drug-likeness (QED) is 0.271. The van der Waals surface area contributed by atoms with Crippen LogP contribution in [0.1, 0.15) is 54.6 Å². The van der Waals surface area contributed by atoms with Gasteiger partial charge in [0.25, 0.3) is 5.91 Å². The molecule has 0 aliphatic carbocycles. The zero-order chi connectivity index (χ0) is 31.0. The lowest BCUT2D eigenvalue weighted by Crippen LogP contribution is -2.53. The summed E-state index contributed by atoms with van der Waals surface area (Å²) in [6, 6.07) is 16.9. The lowest BCUT2D eigenvalue weighted by molar-refractivity contribution is -0.141. The third kappa shape index (κ3) is 8.81. The smallest absolute Gasteiger partial charge is 0.408 e. The molecule has 0 saturated heterocycles. The van der Waals surface area contributed by atoms with Gasteiger partial charge in [-0.15, -0.1) is 0 Å². The second-order valence-corrected chi connectivity index (χ2v) is 11.4. The van der Waals surface area contributed by atoms with E-state index in [1.54, 1.807) is 45.0 Å².